The Bertz CT molecular complexity index is 509. The van der Waals surface area contributed by atoms with Crippen LogP contribution in [-0.2, 0) is 10.8 Å². The summed E-state index contributed by atoms with van der Waals surface area (Å²) < 4.78 is 11.4. The number of aromatic carboxylic acids is 1. The summed E-state index contributed by atoms with van der Waals surface area (Å²) in [7, 11) is -0.701. The molecule has 4 nitrogen and oxygen atoms in total. The zero-order valence-electron chi connectivity index (χ0n) is 11.4. The molecule has 2 N–H and O–H groups in total. The van der Waals surface area contributed by atoms with E-state index in [-0.39, 0.29) is 6.04 Å². The number of nitrogens with one attached hydrogen (secondary N) is 1. The molecule has 2 rings (SSSR count). The third-order valence-corrected chi connectivity index (χ3v) is 5.61. The summed E-state index contributed by atoms with van der Waals surface area (Å²) in [4.78, 5) is 12.3. The number of carboxylic acids is 1. The Morgan fingerprint density at radius 2 is 2.15 bits per heavy atom. The van der Waals surface area contributed by atoms with Crippen LogP contribution in [0, 0.1) is 0 Å². The second kappa shape index (κ2) is 7.13. The van der Waals surface area contributed by atoms with E-state index < -0.39 is 16.8 Å². The van der Waals surface area contributed by atoms with Crippen LogP contribution < -0.4 is 5.32 Å². The first kappa shape index (κ1) is 15.4. The van der Waals surface area contributed by atoms with Crippen LogP contribution >= 0.6 is 11.8 Å². The first-order valence-corrected chi connectivity index (χ1v) is 9.19. The highest BCUT2D eigenvalue weighted by atomic mass is 32.2. The Labute approximate surface area is 125 Å². The van der Waals surface area contributed by atoms with Crippen LogP contribution in [-0.4, -0.2) is 38.6 Å². The molecule has 6 heteroatoms. The van der Waals surface area contributed by atoms with Gasteiger partial charge in [0, 0.05) is 33.2 Å². The second-order valence-electron chi connectivity index (χ2n) is 4.68. The van der Waals surface area contributed by atoms with Crippen LogP contribution in [0.1, 0.15) is 30.1 Å². The highest BCUT2D eigenvalue weighted by molar-refractivity contribution is 7.99. The lowest BCUT2D eigenvalue weighted by molar-refractivity contribution is 0.0694. The highest BCUT2D eigenvalue weighted by Gasteiger charge is 2.21. The molecule has 0 unspecified atom stereocenters. The summed E-state index contributed by atoms with van der Waals surface area (Å²) >= 11 is 1.54. The Morgan fingerprint density at radius 1 is 1.45 bits per heavy atom. The van der Waals surface area contributed by atoms with E-state index in [9.17, 15) is 14.1 Å². The molecule has 1 aliphatic rings. The molecule has 0 amide bonds. The molecule has 1 aliphatic heterocycles. The van der Waals surface area contributed by atoms with Gasteiger partial charge in [-0.1, -0.05) is 13.0 Å². The number of carbonyl (C=O) groups is 1. The van der Waals surface area contributed by atoms with E-state index >= 15 is 0 Å². The predicted molar refractivity (Wildman–Crippen MR) is 84.3 cm³/mol. The molecule has 110 valence electrons. The summed E-state index contributed by atoms with van der Waals surface area (Å²) in [6.07, 6.45) is 1.66. The Morgan fingerprint density at radius 3 is 2.75 bits per heavy atom. The maximum absolute atomic E-state index is 11.5. The van der Waals surface area contributed by atoms with E-state index in [1.165, 1.54) is 11.8 Å². The fourth-order valence-electron chi connectivity index (χ4n) is 2.31. The second-order valence-corrected chi connectivity index (χ2v) is 7.69. The molecule has 1 fully saturated rings. The lowest BCUT2D eigenvalue weighted by atomic mass is 10.1. The Kier molecular flexibility index (Phi) is 5.48. The number of carboxylic acid groups (broad SMARTS) is 1. The number of hydrogen-bond acceptors (Lipinski definition) is 4. The van der Waals surface area contributed by atoms with Crippen LogP contribution in [0.5, 0.6) is 0 Å². The molecule has 1 saturated heterocycles. The van der Waals surface area contributed by atoms with Crippen molar-refractivity contribution in [2.24, 2.45) is 0 Å². The molecule has 0 saturated carbocycles. The lowest BCUT2D eigenvalue weighted by Crippen LogP contribution is -2.30. The van der Waals surface area contributed by atoms with Crippen molar-refractivity contribution in [3.63, 3.8) is 0 Å². The average Bonchev–Trinajstić information content (AvgIpc) is 2.41. The van der Waals surface area contributed by atoms with Gasteiger partial charge in [0.05, 0.1) is 11.3 Å². The molecular formula is C14H19NO3S2. The molecule has 1 aromatic rings. The van der Waals surface area contributed by atoms with Gasteiger partial charge in [0.2, 0.25) is 0 Å². The third kappa shape index (κ3) is 3.76. The van der Waals surface area contributed by atoms with Crippen molar-refractivity contribution >= 4 is 34.2 Å². The molecule has 20 heavy (non-hydrogen) atoms. The predicted octanol–water partition coefficient (Wildman–Crippen LogP) is 2.82. The van der Waals surface area contributed by atoms with Gasteiger partial charge in [-0.05, 0) is 30.7 Å². The molecule has 1 heterocycles. The van der Waals surface area contributed by atoms with Crippen molar-refractivity contribution in [1.82, 2.24) is 0 Å². The molecule has 0 bridgehead atoms. The minimum absolute atomic E-state index is 0.215. The quantitative estimate of drug-likeness (QED) is 0.818. The smallest absolute Gasteiger partial charge is 0.338 e. The van der Waals surface area contributed by atoms with E-state index in [1.807, 2.05) is 25.1 Å². The standard InChI is InChI=1S/C14H19NO3S2/c1-2-19-12-5-3-4-11(13(12)14(16)17)15-10-6-8-20(18)9-7-10/h3-5,10,15H,2,6-9H2,1H3,(H,16,17). The fraction of sp³-hybridized carbons (Fsp3) is 0.500. The Balaban J connectivity index is 2.20. The summed E-state index contributed by atoms with van der Waals surface area (Å²) in [5.41, 5.74) is 1.03. The Hall–Kier alpha value is -1.01. The number of benzene rings is 1. The summed E-state index contributed by atoms with van der Waals surface area (Å²) in [6, 6.07) is 5.76. The normalized spacial score (nSPS) is 22.4. The van der Waals surface area contributed by atoms with Crippen LogP contribution in [0.25, 0.3) is 0 Å². The van der Waals surface area contributed by atoms with Crippen LogP contribution in [0.2, 0.25) is 0 Å². The molecule has 0 atom stereocenters. The maximum Gasteiger partial charge on any atom is 0.338 e. The number of hydrogen-bond donors (Lipinski definition) is 2. The maximum atomic E-state index is 11.5. The van der Waals surface area contributed by atoms with Gasteiger partial charge in [-0.25, -0.2) is 4.79 Å². The van der Waals surface area contributed by atoms with Crippen molar-refractivity contribution in [3.05, 3.63) is 23.8 Å². The molecular weight excluding hydrogens is 294 g/mol. The third-order valence-electron chi connectivity index (χ3n) is 3.29. The van der Waals surface area contributed by atoms with Gasteiger partial charge in [-0.2, -0.15) is 0 Å². The molecule has 0 aromatic heterocycles. The van der Waals surface area contributed by atoms with Crippen LogP contribution in [0.15, 0.2) is 23.1 Å². The van der Waals surface area contributed by atoms with Gasteiger partial charge in [0.15, 0.2) is 0 Å². The highest BCUT2D eigenvalue weighted by Crippen LogP contribution is 2.30. The molecule has 1 aromatic carbocycles. The molecule has 0 aliphatic carbocycles. The van der Waals surface area contributed by atoms with Gasteiger partial charge in [-0.3, -0.25) is 4.21 Å². The number of thioether (sulfide) groups is 1. The van der Waals surface area contributed by atoms with Crippen LogP contribution in [0.4, 0.5) is 5.69 Å². The van der Waals surface area contributed by atoms with Gasteiger partial charge in [0.1, 0.15) is 0 Å². The SMILES string of the molecule is CCSc1cccc(NC2CCS(=O)CC2)c1C(=O)O. The fourth-order valence-corrected chi connectivity index (χ4v) is 4.43. The summed E-state index contributed by atoms with van der Waals surface area (Å²) in [5, 5.41) is 12.8. The van der Waals surface area contributed by atoms with E-state index in [0.717, 1.165) is 23.5 Å². The zero-order chi connectivity index (χ0) is 14.5. The number of rotatable bonds is 5. The summed E-state index contributed by atoms with van der Waals surface area (Å²) in [5.74, 6) is 1.34. The minimum Gasteiger partial charge on any atom is -0.478 e. The number of anilines is 1. The lowest BCUT2D eigenvalue weighted by Gasteiger charge is -2.25. The average molecular weight is 313 g/mol. The van der Waals surface area contributed by atoms with Crippen molar-refractivity contribution in [3.8, 4) is 0 Å². The van der Waals surface area contributed by atoms with Gasteiger partial charge in [0.25, 0.3) is 0 Å². The van der Waals surface area contributed by atoms with E-state index in [1.54, 1.807) is 0 Å². The van der Waals surface area contributed by atoms with Gasteiger partial charge in [-0.15, -0.1) is 11.8 Å². The van der Waals surface area contributed by atoms with Gasteiger partial charge >= 0.3 is 5.97 Å². The van der Waals surface area contributed by atoms with Crippen molar-refractivity contribution < 1.29 is 14.1 Å². The molecule has 0 radical (unpaired) electrons. The van der Waals surface area contributed by atoms with Crippen molar-refractivity contribution in [2.75, 3.05) is 22.6 Å². The van der Waals surface area contributed by atoms with E-state index in [2.05, 4.69) is 5.32 Å². The summed E-state index contributed by atoms with van der Waals surface area (Å²) in [6.45, 7) is 2.01. The first-order chi connectivity index (χ1) is 9.61. The van der Waals surface area contributed by atoms with Gasteiger partial charge < -0.3 is 10.4 Å². The van der Waals surface area contributed by atoms with E-state index in [4.69, 9.17) is 0 Å². The molecule has 0 spiro atoms. The van der Waals surface area contributed by atoms with Crippen molar-refractivity contribution in [1.29, 1.82) is 0 Å². The first-order valence-electron chi connectivity index (χ1n) is 6.72. The van der Waals surface area contributed by atoms with Crippen molar-refractivity contribution in [2.45, 2.75) is 30.7 Å². The topological polar surface area (TPSA) is 66.4 Å². The van der Waals surface area contributed by atoms with Crippen LogP contribution in [0.3, 0.4) is 0 Å². The zero-order valence-corrected chi connectivity index (χ0v) is 13.1. The largest absolute Gasteiger partial charge is 0.478 e. The van der Waals surface area contributed by atoms with E-state index in [0.29, 0.717) is 22.8 Å². The minimum atomic E-state index is -0.900. The monoisotopic (exact) mass is 313 g/mol.